The molecule has 0 fully saturated rings. The first-order valence-corrected chi connectivity index (χ1v) is 10.8. The number of halogens is 1. The number of para-hydroxylation sites is 1. The zero-order valence-corrected chi connectivity index (χ0v) is 19.5. The van der Waals surface area contributed by atoms with Crippen molar-refractivity contribution in [2.45, 2.75) is 6.92 Å². The summed E-state index contributed by atoms with van der Waals surface area (Å²) in [4.78, 5) is 42.2. The SMILES string of the molecule is CCN(C(=O)c1c(OCC(=O)N(C)CCO)c2c(Cl)cccc2n(C)c1=O)c1ccccc1. The van der Waals surface area contributed by atoms with Crippen molar-refractivity contribution in [2.24, 2.45) is 7.05 Å². The Kier molecular flexibility index (Phi) is 7.73. The molecule has 9 heteroatoms. The van der Waals surface area contributed by atoms with Gasteiger partial charge in [-0.25, -0.2) is 0 Å². The summed E-state index contributed by atoms with van der Waals surface area (Å²) >= 11 is 6.47. The molecule has 1 heterocycles. The highest BCUT2D eigenvalue weighted by Gasteiger charge is 2.28. The van der Waals surface area contributed by atoms with Crippen LogP contribution in [0, 0.1) is 0 Å². The van der Waals surface area contributed by atoms with E-state index in [1.807, 2.05) is 6.07 Å². The number of aliphatic hydroxyl groups is 1. The van der Waals surface area contributed by atoms with Crippen molar-refractivity contribution in [3.63, 3.8) is 0 Å². The molecule has 0 radical (unpaired) electrons. The van der Waals surface area contributed by atoms with Crippen LogP contribution in [0.3, 0.4) is 0 Å². The molecular weight excluding hydrogens is 446 g/mol. The number of ether oxygens (including phenoxy) is 1. The molecule has 0 saturated carbocycles. The van der Waals surface area contributed by atoms with Gasteiger partial charge in [0.15, 0.2) is 6.61 Å². The van der Waals surface area contributed by atoms with Gasteiger partial charge in [-0.3, -0.25) is 14.4 Å². The number of aromatic nitrogens is 1. The zero-order chi connectivity index (χ0) is 24.1. The number of pyridine rings is 1. The third-order valence-electron chi connectivity index (χ3n) is 5.37. The third-order valence-corrected chi connectivity index (χ3v) is 5.68. The number of benzene rings is 2. The normalized spacial score (nSPS) is 10.8. The van der Waals surface area contributed by atoms with Crippen molar-refractivity contribution in [1.82, 2.24) is 9.47 Å². The van der Waals surface area contributed by atoms with Gasteiger partial charge in [0.1, 0.15) is 11.3 Å². The lowest BCUT2D eigenvalue weighted by molar-refractivity contribution is -0.132. The van der Waals surface area contributed by atoms with E-state index in [1.54, 1.807) is 56.4 Å². The minimum atomic E-state index is -0.560. The van der Waals surface area contributed by atoms with E-state index in [2.05, 4.69) is 0 Å². The first-order chi connectivity index (χ1) is 15.8. The summed E-state index contributed by atoms with van der Waals surface area (Å²) in [5.74, 6) is -1.01. The monoisotopic (exact) mass is 471 g/mol. The Morgan fingerprint density at radius 3 is 2.45 bits per heavy atom. The van der Waals surface area contributed by atoms with E-state index in [4.69, 9.17) is 21.4 Å². The van der Waals surface area contributed by atoms with Crippen LogP contribution in [0.5, 0.6) is 5.75 Å². The fourth-order valence-electron chi connectivity index (χ4n) is 3.55. The van der Waals surface area contributed by atoms with Crippen LogP contribution in [0.2, 0.25) is 5.02 Å². The molecule has 0 spiro atoms. The summed E-state index contributed by atoms with van der Waals surface area (Å²) in [6.07, 6.45) is 0. The lowest BCUT2D eigenvalue weighted by atomic mass is 10.1. The van der Waals surface area contributed by atoms with Gasteiger partial charge in [0.25, 0.3) is 17.4 Å². The van der Waals surface area contributed by atoms with Crippen molar-refractivity contribution in [2.75, 3.05) is 38.3 Å². The van der Waals surface area contributed by atoms with E-state index in [9.17, 15) is 14.4 Å². The Morgan fingerprint density at radius 2 is 1.82 bits per heavy atom. The molecule has 0 aliphatic carbocycles. The standard InChI is InChI=1S/C24H26ClN3O5/c1-4-28(16-9-6-5-7-10-16)24(32)21-22(33-15-19(30)26(2)13-14-29)20-17(25)11-8-12-18(20)27(3)23(21)31/h5-12,29H,4,13-15H2,1-3H3. The minimum absolute atomic E-state index is 0.0381. The van der Waals surface area contributed by atoms with Crippen LogP contribution >= 0.6 is 11.6 Å². The van der Waals surface area contributed by atoms with Crippen LogP contribution in [0.25, 0.3) is 10.9 Å². The van der Waals surface area contributed by atoms with E-state index in [1.165, 1.54) is 21.4 Å². The molecule has 174 valence electrons. The number of aryl methyl sites for hydroxylation is 1. The number of hydrogen-bond acceptors (Lipinski definition) is 5. The van der Waals surface area contributed by atoms with Crippen LogP contribution in [0.4, 0.5) is 5.69 Å². The fraction of sp³-hybridized carbons (Fsp3) is 0.292. The van der Waals surface area contributed by atoms with Gasteiger partial charge in [0.2, 0.25) is 0 Å². The van der Waals surface area contributed by atoms with Gasteiger partial charge >= 0.3 is 0 Å². The van der Waals surface area contributed by atoms with Gasteiger partial charge in [-0.2, -0.15) is 0 Å². The molecule has 0 atom stereocenters. The number of amides is 2. The van der Waals surface area contributed by atoms with Crippen molar-refractivity contribution in [3.8, 4) is 5.75 Å². The van der Waals surface area contributed by atoms with Crippen LogP contribution in [0.1, 0.15) is 17.3 Å². The number of carbonyl (C=O) groups excluding carboxylic acids is 2. The molecule has 33 heavy (non-hydrogen) atoms. The highest BCUT2D eigenvalue weighted by Crippen LogP contribution is 2.34. The molecule has 2 amide bonds. The predicted octanol–water partition coefficient (Wildman–Crippen LogP) is 2.69. The number of carbonyl (C=O) groups is 2. The molecule has 0 aliphatic heterocycles. The molecule has 3 aromatic rings. The number of fused-ring (bicyclic) bond motifs is 1. The molecule has 3 rings (SSSR count). The molecule has 1 N–H and O–H groups in total. The smallest absolute Gasteiger partial charge is 0.267 e. The summed E-state index contributed by atoms with van der Waals surface area (Å²) in [5, 5.41) is 9.73. The lowest BCUT2D eigenvalue weighted by Crippen LogP contribution is -2.38. The molecule has 0 unspecified atom stereocenters. The summed E-state index contributed by atoms with van der Waals surface area (Å²) in [6.45, 7) is 1.61. The molecule has 2 aromatic carbocycles. The summed E-state index contributed by atoms with van der Waals surface area (Å²) in [5.41, 5.74) is 0.325. The number of nitrogens with zero attached hydrogens (tertiary/aromatic N) is 3. The number of hydrogen-bond donors (Lipinski definition) is 1. The fourth-order valence-corrected chi connectivity index (χ4v) is 3.81. The Labute approximate surface area is 196 Å². The Bertz CT molecular complexity index is 1230. The van der Waals surface area contributed by atoms with Crippen molar-refractivity contribution in [1.29, 1.82) is 0 Å². The highest BCUT2D eigenvalue weighted by atomic mass is 35.5. The summed E-state index contributed by atoms with van der Waals surface area (Å²) in [6, 6.07) is 14.0. The van der Waals surface area contributed by atoms with Gasteiger partial charge in [-0.1, -0.05) is 35.9 Å². The van der Waals surface area contributed by atoms with Gasteiger partial charge in [-0.05, 0) is 31.2 Å². The second-order valence-electron chi connectivity index (χ2n) is 7.41. The second kappa shape index (κ2) is 10.5. The van der Waals surface area contributed by atoms with Gasteiger partial charge < -0.3 is 24.2 Å². The molecule has 0 bridgehead atoms. The number of rotatable bonds is 8. The average Bonchev–Trinajstić information content (AvgIpc) is 2.81. The molecule has 0 aliphatic rings. The van der Waals surface area contributed by atoms with Gasteiger partial charge in [0.05, 0.1) is 22.5 Å². The maximum absolute atomic E-state index is 13.7. The van der Waals surface area contributed by atoms with E-state index >= 15 is 0 Å². The van der Waals surface area contributed by atoms with Crippen LogP contribution in [-0.2, 0) is 11.8 Å². The Balaban J connectivity index is 2.19. The van der Waals surface area contributed by atoms with E-state index in [-0.39, 0.29) is 29.5 Å². The van der Waals surface area contributed by atoms with Crippen LogP contribution in [-0.4, -0.2) is 59.7 Å². The molecular formula is C24H26ClN3O5. The van der Waals surface area contributed by atoms with Crippen molar-refractivity contribution in [3.05, 3.63) is 69.5 Å². The molecule has 8 nitrogen and oxygen atoms in total. The molecule has 0 saturated heterocycles. The maximum Gasteiger partial charge on any atom is 0.267 e. The predicted molar refractivity (Wildman–Crippen MR) is 128 cm³/mol. The van der Waals surface area contributed by atoms with Crippen LogP contribution < -0.4 is 15.2 Å². The first-order valence-electron chi connectivity index (χ1n) is 10.5. The number of anilines is 1. The van der Waals surface area contributed by atoms with E-state index in [0.29, 0.717) is 23.1 Å². The zero-order valence-electron chi connectivity index (χ0n) is 18.7. The minimum Gasteiger partial charge on any atom is -0.482 e. The number of likely N-dealkylation sites (N-methyl/N-ethyl adjacent to an activating group) is 1. The van der Waals surface area contributed by atoms with Crippen molar-refractivity contribution < 1.29 is 19.4 Å². The Morgan fingerprint density at radius 1 is 1.12 bits per heavy atom. The summed E-state index contributed by atoms with van der Waals surface area (Å²) in [7, 11) is 3.08. The molecule has 1 aromatic heterocycles. The lowest BCUT2D eigenvalue weighted by Gasteiger charge is -2.24. The van der Waals surface area contributed by atoms with E-state index in [0.717, 1.165) is 0 Å². The average molecular weight is 472 g/mol. The van der Waals surface area contributed by atoms with E-state index < -0.39 is 24.0 Å². The van der Waals surface area contributed by atoms with Crippen LogP contribution in [0.15, 0.2) is 53.3 Å². The topological polar surface area (TPSA) is 92.1 Å². The quantitative estimate of drug-likeness (QED) is 0.545. The third kappa shape index (κ3) is 4.86. The van der Waals surface area contributed by atoms with Gasteiger partial charge in [0, 0.05) is 32.9 Å². The summed E-state index contributed by atoms with van der Waals surface area (Å²) < 4.78 is 7.18. The number of aliphatic hydroxyl groups excluding tert-OH is 1. The maximum atomic E-state index is 13.7. The van der Waals surface area contributed by atoms with Gasteiger partial charge in [-0.15, -0.1) is 0 Å². The second-order valence-corrected chi connectivity index (χ2v) is 7.82. The largest absolute Gasteiger partial charge is 0.482 e. The first kappa shape index (κ1) is 24.3. The Hall–Kier alpha value is -3.36. The highest BCUT2D eigenvalue weighted by molar-refractivity contribution is 6.36. The van der Waals surface area contributed by atoms with Crippen molar-refractivity contribution >= 4 is 40.0 Å².